The first-order valence-corrected chi connectivity index (χ1v) is 7.34. The number of hydrogen-bond donors (Lipinski definition) is 0. The van der Waals surface area contributed by atoms with Crippen LogP contribution >= 0.6 is 0 Å². The van der Waals surface area contributed by atoms with Gasteiger partial charge in [0.05, 0.1) is 0 Å². The smallest absolute Gasteiger partial charge is 0.249 e. The summed E-state index contributed by atoms with van der Waals surface area (Å²) in [6.45, 7) is 7.32. The first-order chi connectivity index (χ1) is 9.63. The van der Waals surface area contributed by atoms with Gasteiger partial charge in [-0.25, -0.2) is 0 Å². The molecule has 1 aromatic heterocycles. The minimum absolute atomic E-state index is 0.000784. The Morgan fingerprint density at radius 1 is 1.50 bits per heavy atom. The number of rotatable bonds is 5. The molecule has 0 unspecified atom stereocenters. The van der Waals surface area contributed by atoms with Crippen molar-refractivity contribution in [2.75, 3.05) is 19.8 Å². The fourth-order valence-corrected chi connectivity index (χ4v) is 2.38. The summed E-state index contributed by atoms with van der Waals surface area (Å²) in [5.41, 5.74) is 0. The third kappa shape index (κ3) is 3.36. The molecule has 0 spiro atoms. The van der Waals surface area contributed by atoms with Gasteiger partial charge in [0.15, 0.2) is 5.82 Å². The van der Waals surface area contributed by atoms with Gasteiger partial charge in [-0.05, 0) is 26.2 Å². The molecule has 1 aromatic rings. The second kappa shape index (κ2) is 6.83. The zero-order valence-electron chi connectivity index (χ0n) is 12.5. The molecule has 1 saturated heterocycles. The van der Waals surface area contributed by atoms with Gasteiger partial charge in [-0.2, -0.15) is 4.98 Å². The first-order valence-electron chi connectivity index (χ1n) is 7.34. The third-order valence-corrected chi connectivity index (χ3v) is 3.51. The molecule has 1 amide bonds. The molecule has 2 rings (SSSR count). The second-order valence-corrected chi connectivity index (χ2v) is 5.38. The van der Waals surface area contributed by atoms with Crippen LogP contribution in [-0.4, -0.2) is 40.7 Å². The maximum atomic E-state index is 12.2. The Balaban J connectivity index is 2.11. The van der Waals surface area contributed by atoms with E-state index in [-0.39, 0.29) is 24.5 Å². The van der Waals surface area contributed by atoms with E-state index in [0.717, 1.165) is 25.8 Å². The SMILES string of the molecule is CCOCC(=O)N1CCCC[C@@H]1c1nc(C(C)C)no1. The highest BCUT2D eigenvalue weighted by molar-refractivity contribution is 5.78. The molecule has 6 heteroatoms. The van der Waals surface area contributed by atoms with Crippen LogP contribution in [0.3, 0.4) is 0 Å². The maximum Gasteiger partial charge on any atom is 0.249 e. The summed E-state index contributed by atoms with van der Waals surface area (Å²) in [5.74, 6) is 1.48. The summed E-state index contributed by atoms with van der Waals surface area (Å²) < 4.78 is 10.6. The summed E-state index contributed by atoms with van der Waals surface area (Å²) in [6.07, 6.45) is 2.96. The molecule has 6 nitrogen and oxygen atoms in total. The van der Waals surface area contributed by atoms with Gasteiger partial charge in [-0.3, -0.25) is 4.79 Å². The van der Waals surface area contributed by atoms with Gasteiger partial charge in [0.1, 0.15) is 12.6 Å². The summed E-state index contributed by atoms with van der Waals surface area (Å²) >= 11 is 0. The van der Waals surface area contributed by atoms with E-state index in [1.165, 1.54) is 0 Å². The fourth-order valence-electron chi connectivity index (χ4n) is 2.38. The lowest BCUT2D eigenvalue weighted by Gasteiger charge is -2.33. The summed E-state index contributed by atoms with van der Waals surface area (Å²) in [4.78, 5) is 18.4. The average Bonchev–Trinajstić information content (AvgIpc) is 2.94. The van der Waals surface area contributed by atoms with Crippen molar-refractivity contribution in [3.63, 3.8) is 0 Å². The zero-order valence-corrected chi connectivity index (χ0v) is 12.5. The normalized spacial score (nSPS) is 19.6. The van der Waals surface area contributed by atoms with Crippen LogP contribution in [0, 0.1) is 0 Å². The predicted molar refractivity (Wildman–Crippen MR) is 73.2 cm³/mol. The second-order valence-electron chi connectivity index (χ2n) is 5.38. The van der Waals surface area contributed by atoms with Crippen LogP contribution in [-0.2, 0) is 9.53 Å². The Bertz CT molecular complexity index is 445. The predicted octanol–water partition coefficient (Wildman–Crippen LogP) is 2.28. The molecule has 1 aliphatic heterocycles. The lowest BCUT2D eigenvalue weighted by atomic mass is 10.0. The standard InChI is InChI=1S/C14H23N3O3/c1-4-19-9-12(18)17-8-6-5-7-11(17)14-15-13(10(2)3)16-20-14/h10-11H,4-9H2,1-3H3/t11-/m1/s1. The number of aromatic nitrogens is 2. The molecule has 0 aliphatic carbocycles. The van der Waals surface area contributed by atoms with Crippen molar-refractivity contribution in [1.82, 2.24) is 15.0 Å². The largest absolute Gasteiger partial charge is 0.372 e. The van der Waals surface area contributed by atoms with Crippen molar-refractivity contribution < 1.29 is 14.1 Å². The minimum atomic E-state index is -0.100. The number of amides is 1. The lowest BCUT2D eigenvalue weighted by Crippen LogP contribution is -2.40. The van der Waals surface area contributed by atoms with Crippen LogP contribution < -0.4 is 0 Å². The van der Waals surface area contributed by atoms with Crippen molar-refractivity contribution in [1.29, 1.82) is 0 Å². The Labute approximate surface area is 119 Å². The number of piperidine rings is 1. The highest BCUT2D eigenvalue weighted by Gasteiger charge is 2.32. The van der Waals surface area contributed by atoms with Gasteiger partial charge in [-0.15, -0.1) is 0 Å². The average molecular weight is 281 g/mol. The number of likely N-dealkylation sites (tertiary alicyclic amines) is 1. The first kappa shape index (κ1) is 15.0. The van der Waals surface area contributed by atoms with Crippen LogP contribution in [0.2, 0.25) is 0 Å². The van der Waals surface area contributed by atoms with Gasteiger partial charge >= 0.3 is 0 Å². The molecule has 2 heterocycles. The monoisotopic (exact) mass is 281 g/mol. The van der Waals surface area contributed by atoms with E-state index in [4.69, 9.17) is 9.26 Å². The number of ether oxygens (including phenoxy) is 1. The molecular formula is C14H23N3O3. The van der Waals surface area contributed by atoms with Crippen molar-refractivity contribution >= 4 is 5.91 Å². The number of hydrogen-bond acceptors (Lipinski definition) is 5. The third-order valence-electron chi connectivity index (χ3n) is 3.51. The molecular weight excluding hydrogens is 258 g/mol. The van der Waals surface area contributed by atoms with Crippen molar-refractivity contribution in [3.05, 3.63) is 11.7 Å². The van der Waals surface area contributed by atoms with E-state index in [9.17, 15) is 4.79 Å². The number of nitrogens with zero attached hydrogens (tertiary/aromatic N) is 3. The van der Waals surface area contributed by atoms with Crippen molar-refractivity contribution in [3.8, 4) is 0 Å². The van der Waals surface area contributed by atoms with E-state index >= 15 is 0 Å². The quantitative estimate of drug-likeness (QED) is 0.828. The van der Waals surface area contributed by atoms with Crippen LogP contribution in [0.15, 0.2) is 4.52 Å². The molecule has 1 fully saturated rings. The summed E-state index contributed by atoms with van der Waals surface area (Å²) in [6, 6.07) is -0.100. The van der Waals surface area contributed by atoms with Crippen LogP contribution in [0.25, 0.3) is 0 Å². The highest BCUT2D eigenvalue weighted by Crippen LogP contribution is 2.30. The lowest BCUT2D eigenvalue weighted by molar-refractivity contribution is -0.140. The zero-order chi connectivity index (χ0) is 14.5. The minimum Gasteiger partial charge on any atom is -0.372 e. The molecule has 0 radical (unpaired) electrons. The summed E-state index contributed by atoms with van der Waals surface area (Å²) in [7, 11) is 0. The van der Waals surface area contributed by atoms with E-state index in [1.54, 1.807) is 0 Å². The molecule has 0 N–H and O–H groups in total. The van der Waals surface area contributed by atoms with E-state index < -0.39 is 0 Å². The molecule has 0 aromatic carbocycles. The van der Waals surface area contributed by atoms with E-state index in [2.05, 4.69) is 10.1 Å². The van der Waals surface area contributed by atoms with Crippen LogP contribution in [0.4, 0.5) is 0 Å². The number of carbonyl (C=O) groups excluding carboxylic acids is 1. The maximum absolute atomic E-state index is 12.2. The van der Waals surface area contributed by atoms with Gasteiger partial charge in [-0.1, -0.05) is 19.0 Å². The van der Waals surface area contributed by atoms with E-state index in [0.29, 0.717) is 18.3 Å². The topological polar surface area (TPSA) is 68.5 Å². The van der Waals surface area contributed by atoms with Crippen LogP contribution in [0.5, 0.6) is 0 Å². The molecule has 1 atom stereocenters. The van der Waals surface area contributed by atoms with Gasteiger partial charge in [0.25, 0.3) is 0 Å². The Hall–Kier alpha value is -1.43. The Morgan fingerprint density at radius 3 is 2.95 bits per heavy atom. The van der Waals surface area contributed by atoms with E-state index in [1.807, 2.05) is 25.7 Å². The Kier molecular flexibility index (Phi) is 5.11. The van der Waals surface area contributed by atoms with Gasteiger partial charge in [0, 0.05) is 19.1 Å². The number of carbonyl (C=O) groups is 1. The summed E-state index contributed by atoms with van der Waals surface area (Å²) in [5, 5.41) is 3.99. The Morgan fingerprint density at radius 2 is 2.30 bits per heavy atom. The molecule has 0 saturated carbocycles. The van der Waals surface area contributed by atoms with Crippen molar-refractivity contribution in [2.24, 2.45) is 0 Å². The van der Waals surface area contributed by atoms with Gasteiger partial charge in [0.2, 0.25) is 11.8 Å². The fraction of sp³-hybridized carbons (Fsp3) is 0.786. The highest BCUT2D eigenvalue weighted by atomic mass is 16.5. The molecule has 1 aliphatic rings. The molecule has 20 heavy (non-hydrogen) atoms. The molecule has 0 bridgehead atoms. The van der Waals surface area contributed by atoms with Crippen molar-refractivity contribution in [2.45, 2.75) is 52.0 Å². The molecule has 112 valence electrons. The van der Waals surface area contributed by atoms with Crippen LogP contribution in [0.1, 0.15) is 63.7 Å². The van der Waals surface area contributed by atoms with Gasteiger partial charge < -0.3 is 14.2 Å².